The van der Waals surface area contributed by atoms with E-state index in [0.29, 0.717) is 12.6 Å². The smallest absolute Gasteiger partial charge is 0.119 e. The van der Waals surface area contributed by atoms with Crippen molar-refractivity contribution in [3.05, 3.63) is 46.4 Å². The molecular weight excluding hydrogens is 362 g/mol. The fraction of sp³-hybridized carbons (Fsp3) is 0.550. The van der Waals surface area contributed by atoms with Crippen LogP contribution in [0.15, 0.2) is 35.8 Å². The number of ether oxygens (including phenoxy) is 1. The number of hydrogen-bond acceptors (Lipinski definition) is 7. The van der Waals surface area contributed by atoms with Crippen LogP contribution < -0.4 is 10.1 Å². The average Bonchev–Trinajstić information content (AvgIpc) is 3.31. The molecule has 0 saturated carbocycles. The quantitative estimate of drug-likeness (QED) is 0.574. The van der Waals surface area contributed by atoms with Gasteiger partial charge in [-0.05, 0) is 31.0 Å². The molecule has 0 spiro atoms. The SMILES string of the molecule is CC(Cc1nccs1)NC(CN1CCC(O)C1)c1ccc(OCCO)cc1. The summed E-state index contributed by atoms with van der Waals surface area (Å²) >= 11 is 1.69. The Hall–Kier alpha value is -1.51. The molecule has 6 nitrogen and oxygen atoms in total. The molecular formula is C20H29N3O3S. The van der Waals surface area contributed by atoms with Crippen molar-refractivity contribution in [3.8, 4) is 5.75 Å². The Morgan fingerprint density at radius 1 is 1.37 bits per heavy atom. The van der Waals surface area contributed by atoms with E-state index in [1.54, 1.807) is 11.3 Å². The number of hydrogen-bond donors (Lipinski definition) is 3. The van der Waals surface area contributed by atoms with Crippen LogP contribution in [0, 0.1) is 0 Å². The first-order chi connectivity index (χ1) is 13.1. The third kappa shape index (κ3) is 6.26. The molecule has 1 aromatic carbocycles. The topological polar surface area (TPSA) is 77.9 Å². The van der Waals surface area contributed by atoms with E-state index in [0.717, 1.165) is 43.2 Å². The monoisotopic (exact) mass is 391 g/mol. The molecule has 2 aromatic rings. The number of rotatable bonds is 10. The summed E-state index contributed by atoms with van der Waals surface area (Å²) in [7, 11) is 0. The molecule has 1 fully saturated rings. The Balaban J connectivity index is 1.66. The fourth-order valence-corrected chi connectivity index (χ4v) is 4.22. The minimum atomic E-state index is -0.215. The first kappa shape index (κ1) is 20.2. The fourth-order valence-electron chi connectivity index (χ4n) is 3.47. The predicted octanol–water partition coefficient (Wildman–Crippen LogP) is 1.84. The van der Waals surface area contributed by atoms with Crippen LogP contribution in [-0.4, -0.2) is 65.1 Å². The summed E-state index contributed by atoms with van der Waals surface area (Å²) in [5.74, 6) is 0.763. The summed E-state index contributed by atoms with van der Waals surface area (Å²) in [6.07, 6.45) is 3.37. The van der Waals surface area contributed by atoms with Gasteiger partial charge in [-0.3, -0.25) is 4.90 Å². The first-order valence-electron chi connectivity index (χ1n) is 9.52. The summed E-state index contributed by atoms with van der Waals surface area (Å²) in [4.78, 5) is 6.70. The number of benzene rings is 1. The number of likely N-dealkylation sites (tertiary alicyclic amines) is 1. The molecule has 1 saturated heterocycles. The van der Waals surface area contributed by atoms with Crippen LogP contribution in [0.3, 0.4) is 0 Å². The zero-order valence-corrected chi connectivity index (χ0v) is 16.6. The molecule has 1 aromatic heterocycles. The molecule has 27 heavy (non-hydrogen) atoms. The number of aromatic nitrogens is 1. The van der Waals surface area contributed by atoms with Crippen molar-refractivity contribution < 1.29 is 14.9 Å². The molecule has 1 aliphatic heterocycles. The second kappa shape index (κ2) is 10.1. The molecule has 2 heterocycles. The van der Waals surface area contributed by atoms with Gasteiger partial charge in [-0.2, -0.15) is 0 Å². The highest BCUT2D eigenvalue weighted by Gasteiger charge is 2.24. The van der Waals surface area contributed by atoms with Crippen LogP contribution >= 0.6 is 11.3 Å². The predicted molar refractivity (Wildman–Crippen MR) is 107 cm³/mol. The van der Waals surface area contributed by atoms with E-state index in [4.69, 9.17) is 9.84 Å². The van der Waals surface area contributed by atoms with Crippen molar-refractivity contribution in [2.24, 2.45) is 0 Å². The highest BCUT2D eigenvalue weighted by Crippen LogP contribution is 2.22. The zero-order valence-electron chi connectivity index (χ0n) is 15.8. The lowest BCUT2D eigenvalue weighted by atomic mass is 10.0. The van der Waals surface area contributed by atoms with Gasteiger partial charge in [-0.1, -0.05) is 12.1 Å². The highest BCUT2D eigenvalue weighted by atomic mass is 32.1. The minimum Gasteiger partial charge on any atom is -0.491 e. The van der Waals surface area contributed by atoms with Crippen molar-refractivity contribution >= 4 is 11.3 Å². The summed E-state index contributed by atoms with van der Waals surface area (Å²) in [6.45, 7) is 5.02. The van der Waals surface area contributed by atoms with Gasteiger partial charge in [0.15, 0.2) is 0 Å². The molecule has 3 atom stereocenters. The van der Waals surface area contributed by atoms with E-state index in [-0.39, 0.29) is 18.8 Å². The van der Waals surface area contributed by atoms with Gasteiger partial charge in [0.2, 0.25) is 0 Å². The third-order valence-corrected chi connectivity index (χ3v) is 5.58. The van der Waals surface area contributed by atoms with Gasteiger partial charge in [0, 0.05) is 49.7 Å². The van der Waals surface area contributed by atoms with Crippen LogP contribution in [0.4, 0.5) is 0 Å². The van der Waals surface area contributed by atoms with E-state index in [1.165, 1.54) is 5.56 Å². The Labute approximate surface area is 164 Å². The van der Waals surface area contributed by atoms with Crippen molar-refractivity contribution in [2.75, 3.05) is 32.8 Å². The lowest BCUT2D eigenvalue weighted by Crippen LogP contribution is -2.39. The molecule has 0 radical (unpaired) electrons. The maximum absolute atomic E-state index is 9.85. The lowest BCUT2D eigenvalue weighted by molar-refractivity contribution is 0.171. The van der Waals surface area contributed by atoms with Crippen LogP contribution in [-0.2, 0) is 6.42 Å². The van der Waals surface area contributed by atoms with Gasteiger partial charge < -0.3 is 20.3 Å². The number of nitrogens with zero attached hydrogens (tertiary/aromatic N) is 2. The van der Waals surface area contributed by atoms with Gasteiger partial charge >= 0.3 is 0 Å². The van der Waals surface area contributed by atoms with E-state index in [2.05, 4.69) is 34.3 Å². The number of aliphatic hydroxyl groups is 2. The molecule has 3 N–H and O–H groups in total. The molecule has 1 aliphatic rings. The summed E-state index contributed by atoms with van der Waals surface area (Å²) in [5.41, 5.74) is 1.19. The summed E-state index contributed by atoms with van der Waals surface area (Å²) < 4.78 is 5.47. The molecule has 3 rings (SSSR count). The highest BCUT2D eigenvalue weighted by molar-refractivity contribution is 7.09. The van der Waals surface area contributed by atoms with Crippen LogP contribution in [0.25, 0.3) is 0 Å². The maximum Gasteiger partial charge on any atom is 0.119 e. The third-order valence-electron chi connectivity index (χ3n) is 4.78. The normalized spacial score (nSPS) is 19.9. The van der Waals surface area contributed by atoms with E-state index < -0.39 is 0 Å². The molecule has 7 heteroatoms. The Bertz CT molecular complexity index is 666. The molecule has 3 unspecified atom stereocenters. The van der Waals surface area contributed by atoms with Gasteiger partial charge in [-0.15, -0.1) is 11.3 Å². The Morgan fingerprint density at radius 2 is 2.19 bits per heavy atom. The second-order valence-electron chi connectivity index (χ2n) is 7.09. The summed E-state index contributed by atoms with van der Waals surface area (Å²) in [6, 6.07) is 8.50. The standard InChI is InChI=1S/C20H29N3O3S/c1-15(12-20-21-7-11-27-20)22-19(14-23-8-6-17(25)13-23)16-2-4-18(5-3-16)26-10-9-24/h2-5,7,11,15,17,19,22,24-25H,6,8-10,12-14H2,1H3. The number of β-amino-alcohol motifs (C(OH)–C–C–N with tert-alkyl or cyclic N) is 1. The van der Waals surface area contributed by atoms with Crippen molar-refractivity contribution in [1.29, 1.82) is 0 Å². The van der Waals surface area contributed by atoms with Gasteiger partial charge in [0.25, 0.3) is 0 Å². The lowest BCUT2D eigenvalue weighted by Gasteiger charge is -2.28. The first-order valence-corrected chi connectivity index (χ1v) is 10.4. The molecule has 0 bridgehead atoms. The van der Waals surface area contributed by atoms with Gasteiger partial charge in [-0.25, -0.2) is 4.98 Å². The second-order valence-corrected chi connectivity index (χ2v) is 8.07. The molecule has 0 aliphatic carbocycles. The van der Waals surface area contributed by atoms with E-state index in [9.17, 15) is 5.11 Å². The molecule has 0 amide bonds. The zero-order chi connectivity index (χ0) is 19.1. The average molecular weight is 392 g/mol. The van der Waals surface area contributed by atoms with Gasteiger partial charge in [0.05, 0.1) is 17.7 Å². The van der Waals surface area contributed by atoms with Crippen LogP contribution in [0.5, 0.6) is 5.75 Å². The van der Waals surface area contributed by atoms with Gasteiger partial charge in [0.1, 0.15) is 12.4 Å². The van der Waals surface area contributed by atoms with E-state index >= 15 is 0 Å². The number of nitrogens with one attached hydrogen (secondary N) is 1. The van der Waals surface area contributed by atoms with E-state index in [1.807, 2.05) is 23.7 Å². The van der Waals surface area contributed by atoms with Crippen molar-refractivity contribution in [2.45, 2.75) is 38.0 Å². The maximum atomic E-state index is 9.85. The minimum absolute atomic E-state index is 0.0114. The Morgan fingerprint density at radius 3 is 2.81 bits per heavy atom. The van der Waals surface area contributed by atoms with Crippen LogP contribution in [0.2, 0.25) is 0 Å². The van der Waals surface area contributed by atoms with Crippen molar-refractivity contribution in [1.82, 2.24) is 15.2 Å². The number of aliphatic hydroxyl groups excluding tert-OH is 2. The Kier molecular flexibility index (Phi) is 7.60. The van der Waals surface area contributed by atoms with Crippen molar-refractivity contribution in [3.63, 3.8) is 0 Å². The van der Waals surface area contributed by atoms with Crippen LogP contribution in [0.1, 0.15) is 30.0 Å². The summed E-state index contributed by atoms with van der Waals surface area (Å²) in [5, 5.41) is 25.6. The largest absolute Gasteiger partial charge is 0.491 e. The number of thiazole rings is 1. The molecule has 148 valence electrons.